The number of allylic oxidation sites excluding steroid dienone is 1. The van der Waals surface area contributed by atoms with Crippen LogP contribution in [0.2, 0.25) is 5.02 Å². The minimum absolute atomic E-state index is 0.00829. The van der Waals surface area contributed by atoms with Gasteiger partial charge in [0, 0.05) is 22.9 Å². The lowest BCUT2D eigenvalue weighted by molar-refractivity contribution is -0.140. The predicted octanol–water partition coefficient (Wildman–Crippen LogP) is 2.01. The van der Waals surface area contributed by atoms with Gasteiger partial charge in [0.15, 0.2) is 0 Å². The third-order valence-electron chi connectivity index (χ3n) is 8.49. The molecule has 304 valence electrons. The summed E-state index contributed by atoms with van der Waals surface area (Å²) >= 11 is 14.1. The highest BCUT2D eigenvalue weighted by Crippen LogP contribution is 2.49. The maximum absolute atomic E-state index is 14.2. The first kappa shape index (κ1) is 42.5. The molecule has 17 nitrogen and oxygen atoms in total. The Morgan fingerprint density at radius 2 is 1.53 bits per heavy atom. The molecule has 4 aromatic rings. The zero-order chi connectivity index (χ0) is 42.2. The fourth-order valence-electron chi connectivity index (χ4n) is 5.99. The topological polar surface area (TPSA) is 243 Å². The number of fused-ring (bicyclic) bond motifs is 1. The third-order valence-corrected chi connectivity index (χ3v) is 13.7. The van der Waals surface area contributed by atoms with Crippen molar-refractivity contribution in [2.75, 3.05) is 23.7 Å². The van der Waals surface area contributed by atoms with Gasteiger partial charge in [0.1, 0.15) is 33.5 Å². The van der Waals surface area contributed by atoms with E-state index in [0.29, 0.717) is 42.1 Å². The minimum atomic E-state index is -4.31. The zero-order valence-corrected chi connectivity index (χ0v) is 34.6. The molecule has 0 radical (unpaired) electrons. The van der Waals surface area contributed by atoms with E-state index in [1.54, 1.807) is 6.07 Å². The third kappa shape index (κ3) is 9.12. The van der Waals surface area contributed by atoms with E-state index in [2.05, 4.69) is 0 Å². The highest BCUT2D eigenvalue weighted by Gasteiger charge is 2.37. The van der Waals surface area contributed by atoms with Crippen molar-refractivity contribution >= 4 is 115 Å². The van der Waals surface area contributed by atoms with Crippen molar-refractivity contribution in [3.63, 3.8) is 0 Å². The summed E-state index contributed by atoms with van der Waals surface area (Å²) in [6.07, 6.45) is 1.75. The number of rotatable bonds is 13. The van der Waals surface area contributed by atoms with Crippen molar-refractivity contribution in [3.8, 4) is 0 Å². The monoisotopic (exact) mass is 908 g/mol. The van der Waals surface area contributed by atoms with E-state index >= 15 is 0 Å². The normalized spacial score (nSPS) is 16.8. The number of hydrogen-bond acceptors (Lipinski definition) is 14. The van der Waals surface area contributed by atoms with Gasteiger partial charge in [-0.1, -0.05) is 53.7 Å². The molecule has 2 aliphatic rings. The lowest BCUT2D eigenvalue weighted by Crippen LogP contribution is -2.35. The van der Waals surface area contributed by atoms with Crippen molar-refractivity contribution in [1.82, 2.24) is 14.0 Å². The number of aliphatic carboxylic acids is 3. The number of amides is 1. The number of anilines is 1. The lowest BCUT2D eigenvalue weighted by atomic mass is 10.1. The molecule has 23 heteroatoms. The first-order valence-electron chi connectivity index (χ1n) is 16.7. The van der Waals surface area contributed by atoms with Crippen molar-refractivity contribution in [3.05, 3.63) is 108 Å². The van der Waals surface area contributed by atoms with Gasteiger partial charge in [-0.05, 0) is 60.5 Å². The van der Waals surface area contributed by atoms with Crippen LogP contribution in [0.4, 0.5) is 5.69 Å². The molecule has 58 heavy (non-hydrogen) atoms. The number of thiocarbonyl (C=S) groups is 1. The van der Waals surface area contributed by atoms with Crippen LogP contribution >= 0.6 is 58.3 Å². The fraction of sp³-hybridized carbons (Fsp3) is 0.229. The van der Waals surface area contributed by atoms with Crippen molar-refractivity contribution in [1.29, 1.82) is 0 Å². The van der Waals surface area contributed by atoms with Crippen LogP contribution in [0.1, 0.15) is 17.5 Å². The van der Waals surface area contributed by atoms with Gasteiger partial charge < -0.3 is 25.0 Å². The van der Waals surface area contributed by atoms with E-state index in [1.165, 1.54) is 17.8 Å². The second kappa shape index (κ2) is 17.0. The minimum Gasteiger partial charge on any atom is -0.480 e. The van der Waals surface area contributed by atoms with Crippen LogP contribution in [0.25, 0.3) is 11.8 Å². The largest absolute Gasteiger partial charge is 0.480 e. The highest BCUT2D eigenvalue weighted by atomic mass is 35.5. The quantitative estimate of drug-likeness (QED) is 0.111. The zero-order valence-electron chi connectivity index (χ0n) is 29.7. The number of carbonyl (C=O) groups is 4. The molecule has 2 aliphatic heterocycles. The highest BCUT2D eigenvalue weighted by molar-refractivity contribution is 8.03. The Morgan fingerprint density at radius 3 is 2.16 bits per heavy atom. The SMILES string of the molecule is Cc1cc2c(cc1Cl)N(CCCS(=O)(=O)O)C(=C(C=c1s/c(=c3/s/c(=C4/OC(=S)N(CC(=O)O)C4=O)n(CC(=O)O)c3=O)n(CC(=O)O)c1=O)Cc1ccccc1)S2. The molecule has 1 amide bonds. The summed E-state index contributed by atoms with van der Waals surface area (Å²) in [4.78, 5) is 80.1. The van der Waals surface area contributed by atoms with E-state index in [0.717, 1.165) is 31.9 Å². The standard InChI is InChI=1S/C35H29ClN4O13S5/c1-17-10-22-21(13-20(17)36)37(8-5-9-58(50,51)52)32(55-22)19(11-18-6-3-2-4-7-18)12-23-29(47)38(14-24(41)42)34(56-23)28-31(49)39(15-25(43)44)33(57-28)27-30(48)40(16-26(45)46)35(54)53-27/h2-4,6-7,10,12-13H,5,8-9,11,14-16H2,1H3,(H,41,42)(H,43,44)(H,45,46)(H,50,51,52)/b23-12?,32-19?,33-27+,34-28+. The number of carbonyl (C=O) groups excluding carboxylic acids is 1. The average Bonchev–Trinajstić information content (AvgIpc) is 3.82. The number of hydrogen-bond donors (Lipinski definition) is 4. The van der Waals surface area contributed by atoms with Crippen LogP contribution in [0.3, 0.4) is 0 Å². The first-order chi connectivity index (χ1) is 27.3. The van der Waals surface area contributed by atoms with Crippen molar-refractivity contribution in [2.24, 2.45) is 0 Å². The molecule has 4 heterocycles. The number of halogens is 1. The van der Waals surface area contributed by atoms with Crippen LogP contribution in [-0.4, -0.2) is 90.2 Å². The summed E-state index contributed by atoms with van der Waals surface area (Å²) in [5, 5.41) is 29.3. The molecule has 0 unspecified atom stereocenters. The van der Waals surface area contributed by atoms with Gasteiger partial charge in [-0.25, -0.2) is 0 Å². The molecule has 0 aliphatic carbocycles. The molecule has 2 aromatic carbocycles. The lowest BCUT2D eigenvalue weighted by Gasteiger charge is -2.23. The predicted molar refractivity (Wildman–Crippen MR) is 218 cm³/mol. The fourth-order valence-corrected chi connectivity index (χ4v) is 10.5. The van der Waals surface area contributed by atoms with E-state index in [1.807, 2.05) is 48.2 Å². The van der Waals surface area contributed by atoms with Gasteiger partial charge in [0.05, 0.1) is 21.0 Å². The summed E-state index contributed by atoms with van der Waals surface area (Å²) < 4.78 is 38.8. The Balaban J connectivity index is 1.66. The van der Waals surface area contributed by atoms with Crippen LogP contribution in [0.5, 0.6) is 0 Å². The van der Waals surface area contributed by atoms with E-state index in [4.69, 9.17) is 28.6 Å². The first-order valence-corrected chi connectivity index (χ1v) is 21.5. The van der Waals surface area contributed by atoms with Crippen LogP contribution in [0, 0.1) is 16.1 Å². The number of carboxylic acid groups (broad SMARTS) is 3. The van der Waals surface area contributed by atoms with Gasteiger partial charge >= 0.3 is 23.8 Å². The molecule has 2 aromatic heterocycles. The van der Waals surface area contributed by atoms with Crippen LogP contribution < -0.4 is 25.2 Å². The second-order valence-electron chi connectivity index (χ2n) is 12.7. The van der Waals surface area contributed by atoms with Crippen molar-refractivity contribution < 1.29 is 52.2 Å². The van der Waals surface area contributed by atoms with Gasteiger partial charge in [0.25, 0.3) is 26.4 Å². The molecule has 0 atom stereocenters. The van der Waals surface area contributed by atoms with E-state index in [9.17, 15) is 57.1 Å². The van der Waals surface area contributed by atoms with Crippen LogP contribution in [0.15, 0.2) is 67.6 Å². The van der Waals surface area contributed by atoms with Gasteiger partial charge in [-0.2, -0.15) is 8.42 Å². The Bertz CT molecular complexity index is 2920. The number of thioether (sulfide) groups is 1. The summed E-state index contributed by atoms with van der Waals surface area (Å²) in [5.74, 6) is -6.62. The number of nitrogens with zero attached hydrogens (tertiary/aromatic N) is 4. The summed E-state index contributed by atoms with van der Waals surface area (Å²) in [6, 6.07) is 12.7. The Labute approximate surface area is 349 Å². The number of carboxylic acids is 3. The summed E-state index contributed by atoms with van der Waals surface area (Å²) in [7, 11) is -4.31. The molecular formula is C35H29ClN4O13S5. The van der Waals surface area contributed by atoms with Crippen molar-refractivity contribution in [2.45, 2.75) is 37.8 Å². The molecule has 0 saturated carbocycles. The second-order valence-corrected chi connectivity index (χ2v) is 18.0. The Kier molecular flexibility index (Phi) is 12.5. The smallest absolute Gasteiger partial charge is 0.323 e. The molecule has 0 bridgehead atoms. The number of ether oxygens (including phenoxy) is 1. The number of benzene rings is 2. The summed E-state index contributed by atoms with van der Waals surface area (Å²) in [6.45, 7) is -0.882. The average molecular weight is 909 g/mol. The molecule has 0 spiro atoms. The van der Waals surface area contributed by atoms with Gasteiger partial charge in [0.2, 0.25) is 5.76 Å². The Hall–Kier alpha value is -5.10. The summed E-state index contributed by atoms with van der Waals surface area (Å²) in [5.41, 5.74) is 0.918. The molecule has 1 saturated heterocycles. The Morgan fingerprint density at radius 1 is 0.897 bits per heavy atom. The maximum Gasteiger partial charge on any atom is 0.323 e. The number of thiazole rings is 2. The van der Waals surface area contributed by atoms with Gasteiger partial charge in [-0.3, -0.25) is 47.4 Å². The molecule has 4 N–H and O–H groups in total. The molecule has 1 fully saturated rings. The van der Waals surface area contributed by atoms with E-state index < -0.39 is 81.4 Å². The number of aryl methyl sites for hydroxylation is 1. The van der Waals surface area contributed by atoms with Gasteiger partial charge in [-0.15, -0.1) is 22.7 Å². The molecule has 6 rings (SSSR count). The van der Waals surface area contributed by atoms with E-state index in [-0.39, 0.29) is 37.8 Å². The molecular weight excluding hydrogens is 880 g/mol. The van der Waals surface area contributed by atoms with Crippen LogP contribution in [-0.2, 0) is 53.5 Å². The maximum atomic E-state index is 14.2. The number of aromatic nitrogens is 2.